The first kappa shape index (κ1) is 30.5. The Hall–Kier alpha value is -4.99. The first-order valence-electron chi connectivity index (χ1n) is 14.5. The number of ether oxygens (including phenoxy) is 6. The van der Waals surface area contributed by atoms with Crippen LogP contribution in [-0.2, 0) is 9.53 Å². The van der Waals surface area contributed by atoms with E-state index in [0.717, 1.165) is 31.1 Å². The zero-order valence-electron chi connectivity index (χ0n) is 25.3. The van der Waals surface area contributed by atoms with Gasteiger partial charge in [0.15, 0.2) is 29.0 Å². The molecule has 1 N–H and O–H groups in total. The number of pyridine rings is 1. The van der Waals surface area contributed by atoms with Gasteiger partial charge in [0.2, 0.25) is 0 Å². The molecule has 3 aromatic carbocycles. The Morgan fingerprint density at radius 1 is 0.841 bits per heavy atom. The molecule has 1 saturated carbocycles. The van der Waals surface area contributed by atoms with Crippen molar-refractivity contribution in [3.05, 3.63) is 78.0 Å². The van der Waals surface area contributed by atoms with Gasteiger partial charge < -0.3 is 33.7 Å². The molecule has 1 fully saturated rings. The van der Waals surface area contributed by atoms with Crippen molar-refractivity contribution < 1.29 is 38.0 Å². The number of fused-ring (bicyclic) bond motifs is 1. The Bertz CT molecular complexity index is 1620. The highest BCUT2D eigenvalue weighted by molar-refractivity contribution is 5.97. The van der Waals surface area contributed by atoms with Crippen molar-refractivity contribution in [3.63, 3.8) is 0 Å². The van der Waals surface area contributed by atoms with E-state index in [-0.39, 0.29) is 12.7 Å². The van der Waals surface area contributed by atoms with E-state index in [2.05, 4.69) is 10.3 Å². The van der Waals surface area contributed by atoms with Crippen LogP contribution in [-0.4, -0.2) is 50.9 Å². The van der Waals surface area contributed by atoms with Crippen molar-refractivity contribution in [1.29, 1.82) is 0 Å². The minimum atomic E-state index is -1.05. The van der Waals surface area contributed by atoms with Gasteiger partial charge in [-0.2, -0.15) is 0 Å². The molecule has 1 unspecified atom stereocenters. The number of rotatable bonds is 12. The predicted octanol–water partition coefficient (Wildman–Crippen LogP) is 6.41. The van der Waals surface area contributed by atoms with Gasteiger partial charge in [0.1, 0.15) is 11.5 Å². The Kier molecular flexibility index (Phi) is 9.69. The number of amides is 1. The lowest BCUT2D eigenvalue weighted by Crippen LogP contribution is -2.35. The standard InChI is InChI=1S/C34H36N2O8/c1-5-42-34(38)32(36-33(37)22-12-15-28(39-2)31(18-22)44-23-8-6-7-9-23)21-10-13-24(14-11-21)43-27-16-17-35-26-20-30(41-4)29(40-3)19-25(26)27/h10-20,23,32H,5-9H2,1-4H3,(H,36,37). The van der Waals surface area contributed by atoms with Crippen molar-refractivity contribution in [2.45, 2.75) is 44.8 Å². The van der Waals surface area contributed by atoms with E-state index < -0.39 is 17.9 Å². The molecule has 1 amide bonds. The van der Waals surface area contributed by atoms with E-state index in [9.17, 15) is 9.59 Å². The van der Waals surface area contributed by atoms with Gasteiger partial charge in [-0.05, 0) is 80.6 Å². The van der Waals surface area contributed by atoms with Crippen LogP contribution in [0.1, 0.15) is 54.6 Å². The van der Waals surface area contributed by atoms with E-state index in [1.807, 2.05) is 0 Å². The maximum absolute atomic E-state index is 13.4. The number of nitrogens with zero attached hydrogens (tertiary/aromatic N) is 1. The molecule has 4 aromatic rings. The van der Waals surface area contributed by atoms with Crippen LogP contribution in [0, 0.1) is 0 Å². The molecule has 1 aromatic heterocycles. The number of carbonyl (C=O) groups is 2. The lowest BCUT2D eigenvalue weighted by atomic mass is 10.1. The summed E-state index contributed by atoms with van der Waals surface area (Å²) < 4.78 is 33.9. The van der Waals surface area contributed by atoms with Crippen LogP contribution in [0.2, 0.25) is 0 Å². The van der Waals surface area contributed by atoms with Crippen molar-refractivity contribution in [2.75, 3.05) is 27.9 Å². The summed E-state index contributed by atoms with van der Waals surface area (Å²) in [5.41, 5.74) is 1.55. The average Bonchev–Trinajstić information content (AvgIpc) is 3.56. The largest absolute Gasteiger partial charge is 0.493 e. The van der Waals surface area contributed by atoms with Crippen LogP contribution in [0.3, 0.4) is 0 Å². The number of hydrogen-bond donors (Lipinski definition) is 1. The van der Waals surface area contributed by atoms with E-state index in [0.29, 0.717) is 51.1 Å². The number of aromatic nitrogens is 1. The molecule has 1 heterocycles. The molecule has 1 aliphatic rings. The number of esters is 1. The molecule has 10 heteroatoms. The van der Waals surface area contributed by atoms with Crippen LogP contribution in [0.4, 0.5) is 0 Å². The normalized spacial score (nSPS) is 13.6. The SMILES string of the molecule is CCOC(=O)C(NC(=O)c1ccc(OC)c(OC2CCCC2)c1)c1ccc(Oc2ccnc3cc(OC)c(OC)cc23)cc1. The summed E-state index contributed by atoms with van der Waals surface area (Å²) in [6.45, 7) is 1.88. The highest BCUT2D eigenvalue weighted by atomic mass is 16.5. The molecule has 1 atom stereocenters. The van der Waals surface area contributed by atoms with Crippen LogP contribution in [0.25, 0.3) is 10.9 Å². The Labute approximate surface area is 256 Å². The van der Waals surface area contributed by atoms with Crippen LogP contribution in [0.5, 0.6) is 34.5 Å². The lowest BCUT2D eigenvalue weighted by molar-refractivity contribution is -0.145. The third kappa shape index (κ3) is 6.80. The first-order chi connectivity index (χ1) is 21.4. The van der Waals surface area contributed by atoms with E-state index >= 15 is 0 Å². The van der Waals surface area contributed by atoms with Crippen molar-refractivity contribution in [3.8, 4) is 34.5 Å². The second-order valence-corrected chi connectivity index (χ2v) is 10.3. The number of nitrogens with one attached hydrogen (secondary N) is 1. The van der Waals surface area contributed by atoms with Crippen molar-refractivity contribution in [2.24, 2.45) is 0 Å². The fraction of sp³-hybridized carbons (Fsp3) is 0.324. The highest BCUT2D eigenvalue weighted by Gasteiger charge is 2.26. The zero-order valence-corrected chi connectivity index (χ0v) is 25.3. The molecular formula is C34H36N2O8. The number of benzene rings is 3. The molecular weight excluding hydrogens is 564 g/mol. The second kappa shape index (κ2) is 14.0. The summed E-state index contributed by atoms with van der Waals surface area (Å²) in [5.74, 6) is 2.22. The minimum absolute atomic E-state index is 0.0882. The summed E-state index contributed by atoms with van der Waals surface area (Å²) >= 11 is 0. The predicted molar refractivity (Wildman–Crippen MR) is 164 cm³/mol. The first-order valence-corrected chi connectivity index (χ1v) is 14.5. The molecule has 0 saturated heterocycles. The van der Waals surface area contributed by atoms with E-state index in [1.54, 1.807) is 95.1 Å². The van der Waals surface area contributed by atoms with Gasteiger partial charge in [0.25, 0.3) is 5.91 Å². The summed E-state index contributed by atoms with van der Waals surface area (Å²) in [6, 6.07) is 16.2. The maximum atomic E-state index is 13.4. The summed E-state index contributed by atoms with van der Waals surface area (Å²) in [7, 11) is 4.69. The van der Waals surface area contributed by atoms with Gasteiger partial charge in [-0.3, -0.25) is 9.78 Å². The fourth-order valence-corrected chi connectivity index (χ4v) is 5.21. The molecule has 44 heavy (non-hydrogen) atoms. The molecule has 230 valence electrons. The second-order valence-electron chi connectivity index (χ2n) is 10.3. The lowest BCUT2D eigenvalue weighted by Gasteiger charge is -2.20. The van der Waals surface area contributed by atoms with Gasteiger partial charge in [0, 0.05) is 23.2 Å². The Balaban J connectivity index is 1.36. The molecule has 0 aliphatic heterocycles. The molecule has 0 spiro atoms. The minimum Gasteiger partial charge on any atom is -0.493 e. The van der Waals surface area contributed by atoms with Crippen LogP contribution in [0.15, 0.2) is 66.9 Å². The summed E-state index contributed by atoms with van der Waals surface area (Å²) in [5, 5.41) is 3.56. The zero-order chi connectivity index (χ0) is 31.1. The average molecular weight is 601 g/mol. The fourth-order valence-electron chi connectivity index (χ4n) is 5.21. The van der Waals surface area contributed by atoms with E-state index in [4.69, 9.17) is 28.4 Å². The van der Waals surface area contributed by atoms with Gasteiger partial charge >= 0.3 is 5.97 Å². The highest BCUT2D eigenvalue weighted by Crippen LogP contribution is 2.37. The number of hydrogen-bond acceptors (Lipinski definition) is 9. The number of carbonyl (C=O) groups excluding carboxylic acids is 2. The quantitative estimate of drug-likeness (QED) is 0.184. The van der Waals surface area contributed by atoms with Gasteiger partial charge in [-0.25, -0.2) is 4.79 Å². The Morgan fingerprint density at radius 2 is 1.55 bits per heavy atom. The summed E-state index contributed by atoms with van der Waals surface area (Å²) in [4.78, 5) is 30.8. The third-order valence-corrected chi connectivity index (χ3v) is 7.47. The summed E-state index contributed by atoms with van der Waals surface area (Å²) in [6.07, 6.45) is 5.89. The molecule has 0 radical (unpaired) electrons. The number of methoxy groups -OCH3 is 3. The topological polar surface area (TPSA) is 114 Å². The third-order valence-electron chi connectivity index (χ3n) is 7.47. The van der Waals surface area contributed by atoms with Crippen molar-refractivity contribution >= 4 is 22.8 Å². The van der Waals surface area contributed by atoms with Crippen LogP contribution >= 0.6 is 0 Å². The Morgan fingerprint density at radius 3 is 2.23 bits per heavy atom. The van der Waals surface area contributed by atoms with Gasteiger partial charge in [0.05, 0.1) is 39.6 Å². The molecule has 0 bridgehead atoms. The monoisotopic (exact) mass is 600 g/mol. The van der Waals surface area contributed by atoms with Gasteiger partial charge in [-0.1, -0.05) is 12.1 Å². The van der Waals surface area contributed by atoms with Crippen LogP contribution < -0.4 is 29.0 Å². The van der Waals surface area contributed by atoms with Gasteiger partial charge in [-0.15, -0.1) is 0 Å². The molecule has 1 aliphatic carbocycles. The maximum Gasteiger partial charge on any atom is 0.333 e. The molecule has 5 rings (SSSR count). The van der Waals surface area contributed by atoms with Crippen molar-refractivity contribution in [1.82, 2.24) is 10.3 Å². The molecule has 10 nitrogen and oxygen atoms in total. The smallest absolute Gasteiger partial charge is 0.333 e. The van der Waals surface area contributed by atoms with E-state index in [1.165, 1.54) is 0 Å².